The molecule has 0 radical (unpaired) electrons. The van der Waals surface area contributed by atoms with E-state index in [0.29, 0.717) is 17.3 Å². The Balaban J connectivity index is 2.76. The molecule has 1 rings (SSSR count). The molecule has 1 aromatic rings. The minimum atomic E-state index is -0.383. The molecule has 0 saturated heterocycles. The van der Waals surface area contributed by atoms with E-state index >= 15 is 0 Å². The second-order valence-corrected chi connectivity index (χ2v) is 3.30. The predicted octanol–water partition coefficient (Wildman–Crippen LogP) is 2.50. The van der Waals surface area contributed by atoms with Crippen LogP contribution in [0, 0.1) is 0 Å². The van der Waals surface area contributed by atoms with Gasteiger partial charge in [0.15, 0.2) is 0 Å². The standard InChI is InChI=1S/C11H12ClNO2/c1-2-15-11(14)6-4-8-3-5-9(12)7-10(8)13/h3-7H,2,13H2,1H3/b6-4+. The summed E-state index contributed by atoms with van der Waals surface area (Å²) in [5, 5.41) is 0.570. The quantitative estimate of drug-likeness (QED) is 0.489. The smallest absolute Gasteiger partial charge is 0.330 e. The van der Waals surface area contributed by atoms with E-state index in [1.54, 1.807) is 31.2 Å². The minimum absolute atomic E-state index is 0.360. The molecule has 0 aromatic heterocycles. The van der Waals surface area contributed by atoms with Crippen molar-refractivity contribution in [3.63, 3.8) is 0 Å². The average Bonchev–Trinajstić information content (AvgIpc) is 2.17. The second-order valence-electron chi connectivity index (χ2n) is 2.86. The van der Waals surface area contributed by atoms with E-state index in [4.69, 9.17) is 22.1 Å². The molecular weight excluding hydrogens is 214 g/mol. The van der Waals surface area contributed by atoms with Crippen LogP contribution in [0.3, 0.4) is 0 Å². The number of hydrogen-bond donors (Lipinski definition) is 1. The van der Waals surface area contributed by atoms with Crippen LogP contribution in [0.4, 0.5) is 5.69 Å². The molecule has 0 aliphatic heterocycles. The number of anilines is 1. The zero-order valence-electron chi connectivity index (χ0n) is 8.37. The van der Waals surface area contributed by atoms with Gasteiger partial charge < -0.3 is 10.5 Å². The van der Waals surface area contributed by atoms with E-state index in [0.717, 1.165) is 5.56 Å². The molecule has 0 unspecified atom stereocenters. The lowest BCUT2D eigenvalue weighted by Crippen LogP contribution is -1.99. The topological polar surface area (TPSA) is 52.3 Å². The number of nitrogen functional groups attached to an aromatic ring is 1. The Kier molecular flexibility index (Phi) is 4.18. The fourth-order valence-corrected chi connectivity index (χ4v) is 1.23. The maximum absolute atomic E-state index is 11.0. The lowest BCUT2D eigenvalue weighted by atomic mass is 10.1. The van der Waals surface area contributed by atoms with E-state index < -0.39 is 0 Å². The summed E-state index contributed by atoms with van der Waals surface area (Å²) in [6.07, 6.45) is 2.94. The van der Waals surface area contributed by atoms with Crippen molar-refractivity contribution in [2.75, 3.05) is 12.3 Å². The number of carbonyl (C=O) groups is 1. The van der Waals surface area contributed by atoms with Crippen molar-refractivity contribution in [2.45, 2.75) is 6.92 Å². The molecule has 4 heteroatoms. The number of ether oxygens (including phenoxy) is 1. The highest BCUT2D eigenvalue weighted by molar-refractivity contribution is 6.30. The van der Waals surface area contributed by atoms with Crippen LogP contribution in [0.2, 0.25) is 5.02 Å². The Bertz CT molecular complexity index is 388. The van der Waals surface area contributed by atoms with E-state index in [-0.39, 0.29) is 5.97 Å². The van der Waals surface area contributed by atoms with Crippen molar-refractivity contribution in [2.24, 2.45) is 0 Å². The third kappa shape index (κ3) is 3.64. The lowest BCUT2D eigenvalue weighted by molar-refractivity contribution is -0.137. The van der Waals surface area contributed by atoms with Crippen LogP contribution in [-0.2, 0) is 9.53 Å². The number of benzene rings is 1. The summed E-state index contributed by atoms with van der Waals surface area (Å²) >= 11 is 5.73. The Morgan fingerprint density at radius 3 is 2.93 bits per heavy atom. The monoisotopic (exact) mass is 225 g/mol. The first-order chi connectivity index (χ1) is 7.13. The summed E-state index contributed by atoms with van der Waals surface area (Å²) in [5.74, 6) is -0.383. The van der Waals surface area contributed by atoms with Gasteiger partial charge in [-0.1, -0.05) is 17.7 Å². The molecule has 1 aromatic carbocycles. The van der Waals surface area contributed by atoms with Crippen LogP contribution >= 0.6 is 11.6 Å². The third-order valence-electron chi connectivity index (χ3n) is 1.73. The van der Waals surface area contributed by atoms with Gasteiger partial charge in [-0.25, -0.2) is 4.79 Å². The first kappa shape index (κ1) is 11.6. The van der Waals surface area contributed by atoms with Gasteiger partial charge in [-0.2, -0.15) is 0 Å². The number of hydrogen-bond acceptors (Lipinski definition) is 3. The Morgan fingerprint density at radius 1 is 1.60 bits per heavy atom. The zero-order valence-corrected chi connectivity index (χ0v) is 9.12. The van der Waals surface area contributed by atoms with Gasteiger partial charge in [-0.05, 0) is 30.7 Å². The molecule has 0 atom stereocenters. The SMILES string of the molecule is CCOC(=O)/C=C/c1ccc(Cl)cc1N. The number of rotatable bonds is 3. The maximum Gasteiger partial charge on any atom is 0.330 e. The third-order valence-corrected chi connectivity index (χ3v) is 1.97. The van der Waals surface area contributed by atoms with E-state index in [9.17, 15) is 4.79 Å². The molecule has 0 bridgehead atoms. The van der Waals surface area contributed by atoms with Gasteiger partial charge in [0, 0.05) is 16.8 Å². The molecule has 0 spiro atoms. The van der Waals surface area contributed by atoms with Crippen molar-refractivity contribution in [3.05, 3.63) is 34.9 Å². The van der Waals surface area contributed by atoms with Crippen LogP contribution < -0.4 is 5.73 Å². The lowest BCUT2D eigenvalue weighted by Gasteiger charge is -2.00. The molecule has 0 aliphatic carbocycles. The Labute approximate surface area is 93.5 Å². The van der Waals surface area contributed by atoms with Crippen molar-refractivity contribution >= 4 is 29.3 Å². The maximum atomic E-state index is 11.0. The van der Waals surface area contributed by atoms with Crippen molar-refractivity contribution in [1.82, 2.24) is 0 Å². The fraction of sp³-hybridized carbons (Fsp3) is 0.182. The number of nitrogens with two attached hydrogens (primary N) is 1. The molecule has 0 amide bonds. The Morgan fingerprint density at radius 2 is 2.33 bits per heavy atom. The molecule has 2 N–H and O–H groups in total. The second kappa shape index (κ2) is 5.41. The summed E-state index contributed by atoms with van der Waals surface area (Å²) in [6.45, 7) is 2.11. The largest absolute Gasteiger partial charge is 0.463 e. The van der Waals surface area contributed by atoms with Crippen molar-refractivity contribution in [1.29, 1.82) is 0 Å². The summed E-state index contributed by atoms with van der Waals surface area (Å²) < 4.78 is 4.73. The van der Waals surface area contributed by atoms with Gasteiger partial charge in [-0.15, -0.1) is 0 Å². The normalized spacial score (nSPS) is 10.5. The van der Waals surface area contributed by atoms with Crippen molar-refractivity contribution < 1.29 is 9.53 Å². The molecular formula is C11H12ClNO2. The van der Waals surface area contributed by atoms with Gasteiger partial charge in [-0.3, -0.25) is 0 Å². The zero-order chi connectivity index (χ0) is 11.3. The van der Waals surface area contributed by atoms with Crippen molar-refractivity contribution in [3.8, 4) is 0 Å². The van der Waals surface area contributed by atoms with Gasteiger partial charge >= 0.3 is 5.97 Å². The molecule has 80 valence electrons. The first-order valence-corrected chi connectivity index (χ1v) is 4.91. The first-order valence-electron chi connectivity index (χ1n) is 4.53. The molecule has 3 nitrogen and oxygen atoms in total. The predicted molar refractivity (Wildman–Crippen MR) is 61.5 cm³/mol. The van der Waals surface area contributed by atoms with Crippen LogP contribution in [0.1, 0.15) is 12.5 Å². The molecule has 0 saturated carbocycles. The van der Waals surface area contributed by atoms with Gasteiger partial charge in [0.05, 0.1) is 6.61 Å². The van der Waals surface area contributed by atoms with Gasteiger partial charge in [0.2, 0.25) is 0 Å². The summed E-state index contributed by atoms with van der Waals surface area (Å²) in [5.41, 5.74) is 6.97. The van der Waals surface area contributed by atoms with Gasteiger partial charge in [0.25, 0.3) is 0 Å². The summed E-state index contributed by atoms with van der Waals surface area (Å²) in [4.78, 5) is 11.0. The van der Waals surface area contributed by atoms with Crippen LogP contribution in [-0.4, -0.2) is 12.6 Å². The molecule has 0 fully saturated rings. The van der Waals surface area contributed by atoms with E-state index in [1.807, 2.05) is 0 Å². The number of halogens is 1. The van der Waals surface area contributed by atoms with Gasteiger partial charge in [0.1, 0.15) is 0 Å². The highest BCUT2D eigenvalue weighted by Gasteiger charge is 1.98. The van der Waals surface area contributed by atoms with E-state index in [2.05, 4.69) is 0 Å². The fourth-order valence-electron chi connectivity index (χ4n) is 1.05. The van der Waals surface area contributed by atoms with Crippen LogP contribution in [0.25, 0.3) is 6.08 Å². The Hall–Kier alpha value is -1.48. The summed E-state index contributed by atoms with van der Waals surface area (Å²) in [7, 11) is 0. The minimum Gasteiger partial charge on any atom is -0.463 e. The number of esters is 1. The highest BCUT2D eigenvalue weighted by atomic mass is 35.5. The molecule has 15 heavy (non-hydrogen) atoms. The number of carbonyl (C=O) groups excluding carboxylic acids is 1. The molecule has 0 aliphatic rings. The molecule has 0 heterocycles. The highest BCUT2D eigenvalue weighted by Crippen LogP contribution is 2.18. The van der Waals surface area contributed by atoms with Crippen LogP contribution in [0.15, 0.2) is 24.3 Å². The van der Waals surface area contributed by atoms with E-state index in [1.165, 1.54) is 6.08 Å². The average molecular weight is 226 g/mol. The van der Waals surface area contributed by atoms with Crippen LogP contribution in [0.5, 0.6) is 0 Å². The summed E-state index contributed by atoms with van der Waals surface area (Å²) in [6, 6.07) is 5.09.